The number of nitrogens with zero attached hydrogens (tertiary/aromatic N) is 12. The minimum atomic E-state index is -1.37. The summed E-state index contributed by atoms with van der Waals surface area (Å²) in [5.41, 5.74) is -1.37. The molecule has 89 heavy (non-hydrogen) atoms. The molecule has 3 amide bonds. The van der Waals surface area contributed by atoms with Gasteiger partial charge in [-0.1, -0.05) is 0 Å². The summed E-state index contributed by atoms with van der Waals surface area (Å²) in [5.74, 6) is -12.2. The van der Waals surface area contributed by atoms with Gasteiger partial charge in [0.1, 0.15) is 6.04 Å². The molecule has 12 N–H and O–H groups in total. The van der Waals surface area contributed by atoms with Gasteiger partial charge in [-0.05, 0) is 6.92 Å². The molecule has 3 fully saturated rings. The van der Waals surface area contributed by atoms with E-state index in [4.69, 9.17) is 0 Å². The molecule has 2 unspecified atom stereocenters. The third kappa shape index (κ3) is 33.0. The Morgan fingerprint density at radius 1 is 0.315 bits per heavy atom. The third-order valence-corrected chi connectivity index (χ3v) is 15.6. The van der Waals surface area contributed by atoms with Crippen molar-refractivity contribution in [1.29, 1.82) is 0 Å². The first-order valence-electron chi connectivity index (χ1n) is 29.4. The predicted molar refractivity (Wildman–Crippen MR) is 313 cm³/mol. The Bertz CT molecular complexity index is 2270. The first kappa shape index (κ1) is 76.4. The molecular weight excluding hydrogens is 1180 g/mol. The van der Waals surface area contributed by atoms with Crippen molar-refractivity contribution >= 4 is 71.4 Å². The van der Waals surface area contributed by atoms with Gasteiger partial charge >= 0.3 is 53.7 Å². The molecule has 0 spiro atoms. The van der Waals surface area contributed by atoms with E-state index in [2.05, 4.69) is 16.0 Å². The van der Waals surface area contributed by atoms with E-state index >= 15 is 4.79 Å². The van der Waals surface area contributed by atoms with E-state index in [0.717, 1.165) is 0 Å². The van der Waals surface area contributed by atoms with Crippen LogP contribution in [0.25, 0.3) is 0 Å². The second-order valence-electron chi connectivity index (χ2n) is 22.8. The van der Waals surface area contributed by atoms with E-state index in [1.807, 2.05) is 4.90 Å². The minimum absolute atomic E-state index is 0.0128. The lowest BCUT2D eigenvalue weighted by Gasteiger charge is -2.44. The Morgan fingerprint density at radius 2 is 0.528 bits per heavy atom. The number of carbonyl (C=O) groups is 12. The van der Waals surface area contributed by atoms with E-state index in [9.17, 15) is 98.7 Å². The number of hydrogen-bond donors (Lipinski definition) is 12. The standard InChI is InChI=1S/C53H93N15O21/c1-40(69)54-27-41(67-23-19-63(34-48(81)82)15-11-61(32-46(77)78)12-16-64(20-24-67)35-49(83)84)52(89)56-39-53(2,68-25-21-65(36-50(85)86)17-13-62(33-47(79)80)14-18-66(22-26-68)37-51(87)88)38-55-42(70)28-57-3-5-58(29-43(71)72)7-9-60(31-45(75)76)10-8-59(6-4-57)30-44(73)74/h41H,3-39H2,1-2H3,(H,54,69)(H,55,70)(H,56,89)(H,71,72)(H,73,74)(H,75,76)(H,77,78)(H,79,80)(H,81,82)(H,83,84)(H,85,86)(H,87,88). The van der Waals surface area contributed by atoms with E-state index in [-0.39, 0.29) is 190 Å². The Hall–Kier alpha value is -6.84. The van der Waals surface area contributed by atoms with Gasteiger partial charge in [-0.25, -0.2) is 0 Å². The van der Waals surface area contributed by atoms with Crippen molar-refractivity contribution in [2.24, 2.45) is 0 Å². The highest BCUT2D eigenvalue weighted by Gasteiger charge is 2.37. The normalized spacial score (nSPS) is 20.4. The molecule has 0 aromatic heterocycles. The number of rotatable bonds is 29. The first-order chi connectivity index (χ1) is 42.0. The molecule has 0 aromatic carbocycles. The maximum Gasteiger partial charge on any atom is 0.317 e. The van der Waals surface area contributed by atoms with Crippen LogP contribution in [-0.4, -0.2) is 430 Å². The number of carboxylic acid groups (broad SMARTS) is 9. The zero-order chi connectivity index (χ0) is 66.2. The lowest BCUT2D eigenvalue weighted by Crippen LogP contribution is -2.64. The number of amides is 3. The zero-order valence-corrected chi connectivity index (χ0v) is 51.0. The largest absolute Gasteiger partial charge is 0.480 e. The van der Waals surface area contributed by atoms with Crippen molar-refractivity contribution in [2.75, 3.05) is 242 Å². The van der Waals surface area contributed by atoms with Gasteiger partial charge in [0.25, 0.3) is 0 Å². The molecule has 0 bridgehead atoms. The molecular formula is C53H93N15O21. The van der Waals surface area contributed by atoms with Crippen molar-refractivity contribution in [3.8, 4) is 0 Å². The van der Waals surface area contributed by atoms with Gasteiger partial charge in [0, 0.05) is 184 Å². The van der Waals surface area contributed by atoms with Crippen LogP contribution < -0.4 is 16.0 Å². The zero-order valence-electron chi connectivity index (χ0n) is 51.0. The highest BCUT2D eigenvalue weighted by molar-refractivity contribution is 5.83. The summed E-state index contributed by atoms with van der Waals surface area (Å²) in [5, 5.41) is 97.0. The first-order valence-corrected chi connectivity index (χ1v) is 29.4. The summed E-state index contributed by atoms with van der Waals surface area (Å²) < 4.78 is 0. The fraction of sp³-hybridized carbons (Fsp3) is 0.774. The lowest BCUT2D eigenvalue weighted by atomic mass is 9.98. The van der Waals surface area contributed by atoms with Crippen molar-refractivity contribution in [2.45, 2.75) is 25.4 Å². The molecule has 36 nitrogen and oxygen atoms in total. The number of hydrogen-bond acceptors (Lipinski definition) is 24. The van der Waals surface area contributed by atoms with Crippen molar-refractivity contribution in [3.63, 3.8) is 0 Å². The van der Waals surface area contributed by atoms with Crippen LogP contribution in [0.1, 0.15) is 13.8 Å². The van der Waals surface area contributed by atoms with Crippen molar-refractivity contribution < 1.29 is 103 Å². The van der Waals surface area contributed by atoms with E-state index in [1.165, 1.54) is 6.92 Å². The predicted octanol–water partition coefficient (Wildman–Crippen LogP) is -8.09. The van der Waals surface area contributed by atoms with Gasteiger partial charge in [0.15, 0.2) is 0 Å². The molecule has 3 aliphatic rings. The van der Waals surface area contributed by atoms with Gasteiger partial charge in [0.2, 0.25) is 17.7 Å². The number of carbonyl (C=O) groups excluding carboxylic acids is 3. The average Bonchev–Trinajstić information content (AvgIpc) is 3.63. The van der Waals surface area contributed by atoms with Gasteiger partial charge in [-0.2, -0.15) is 0 Å². The highest BCUT2D eigenvalue weighted by atomic mass is 16.4. The van der Waals surface area contributed by atoms with E-state index < -0.39 is 135 Å². The molecule has 0 saturated carbocycles. The van der Waals surface area contributed by atoms with Crippen LogP contribution in [0.5, 0.6) is 0 Å². The molecule has 0 aliphatic carbocycles. The Labute approximate surface area is 516 Å². The molecule has 3 saturated heterocycles. The second-order valence-corrected chi connectivity index (χ2v) is 22.8. The van der Waals surface area contributed by atoms with Crippen LogP contribution >= 0.6 is 0 Å². The molecule has 506 valence electrons. The molecule has 3 heterocycles. The molecule has 3 aliphatic heterocycles. The summed E-state index contributed by atoms with van der Waals surface area (Å²) in [7, 11) is 0. The van der Waals surface area contributed by atoms with Crippen LogP contribution in [0.15, 0.2) is 0 Å². The minimum Gasteiger partial charge on any atom is -0.480 e. The summed E-state index contributed by atoms with van der Waals surface area (Å²) in [4.78, 5) is 170. The lowest BCUT2D eigenvalue weighted by molar-refractivity contribution is -0.141. The smallest absolute Gasteiger partial charge is 0.317 e. The average molecular weight is 1280 g/mol. The van der Waals surface area contributed by atoms with Crippen LogP contribution in [0.3, 0.4) is 0 Å². The summed E-state index contributed by atoms with van der Waals surface area (Å²) in [6, 6.07) is -1.23. The Morgan fingerprint density at radius 3 is 0.764 bits per heavy atom. The molecule has 3 rings (SSSR count). The summed E-state index contributed by atoms with van der Waals surface area (Å²) in [6.07, 6.45) is 0. The van der Waals surface area contributed by atoms with Crippen LogP contribution in [0, 0.1) is 0 Å². The van der Waals surface area contributed by atoms with Gasteiger partial charge in [0.05, 0.1) is 71.0 Å². The van der Waals surface area contributed by atoms with E-state index in [1.54, 1.807) is 60.8 Å². The quantitative estimate of drug-likeness (QED) is 0.0331. The van der Waals surface area contributed by atoms with Crippen LogP contribution in [0.4, 0.5) is 0 Å². The SMILES string of the molecule is CC(=O)NCC(C(=O)NCC(C)(CNC(=O)CN1CCN(CC(=O)O)CCN(CC(=O)O)CCN(CC(=O)O)CC1)N1CCN(CC(=O)O)CCN(CC(=O)O)CCN(CC(=O)O)CC1)N1CCN(CC(=O)O)CCN(CC(=O)O)CCN(CC(=O)O)CC1. The fourth-order valence-corrected chi connectivity index (χ4v) is 10.7. The highest BCUT2D eigenvalue weighted by Crippen LogP contribution is 2.17. The van der Waals surface area contributed by atoms with Gasteiger partial charge in [-0.3, -0.25) is 116 Å². The van der Waals surface area contributed by atoms with Gasteiger partial charge < -0.3 is 61.9 Å². The topological polar surface area (TPSA) is 462 Å². The van der Waals surface area contributed by atoms with Crippen molar-refractivity contribution in [3.05, 3.63) is 0 Å². The number of aliphatic carboxylic acids is 9. The summed E-state index contributed by atoms with van der Waals surface area (Å²) in [6.45, 7) is -0.480. The van der Waals surface area contributed by atoms with Gasteiger partial charge in [-0.15, -0.1) is 0 Å². The monoisotopic (exact) mass is 1280 g/mol. The van der Waals surface area contributed by atoms with E-state index in [0.29, 0.717) is 0 Å². The van der Waals surface area contributed by atoms with Crippen LogP contribution in [-0.2, 0) is 57.5 Å². The Kier molecular flexibility index (Phi) is 34.4. The summed E-state index contributed by atoms with van der Waals surface area (Å²) >= 11 is 0. The number of nitrogens with one attached hydrogen (secondary N) is 3. The second kappa shape index (κ2) is 40.0. The van der Waals surface area contributed by atoms with Crippen molar-refractivity contribution in [1.82, 2.24) is 74.7 Å². The number of carboxylic acids is 9. The molecule has 2 atom stereocenters. The third-order valence-electron chi connectivity index (χ3n) is 15.6. The fourth-order valence-electron chi connectivity index (χ4n) is 10.7. The van der Waals surface area contributed by atoms with Crippen LogP contribution in [0.2, 0.25) is 0 Å². The molecule has 0 aromatic rings. The molecule has 0 radical (unpaired) electrons. The maximum atomic E-state index is 15.1. The molecule has 36 heteroatoms. The maximum absolute atomic E-state index is 15.1. The Balaban J connectivity index is 2.15.